The molecule has 1 unspecified atom stereocenters. The summed E-state index contributed by atoms with van der Waals surface area (Å²) in [7, 11) is 1.64. The van der Waals surface area contributed by atoms with E-state index in [1.54, 1.807) is 7.05 Å². The lowest BCUT2D eigenvalue weighted by atomic mass is 9.93. The van der Waals surface area contributed by atoms with E-state index < -0.39 is 12.0 Å². The van der Waals surface area contributed by atoms with E-state index in [0.717, 1.165) is 5.56 Å². The Labute approximate surface area is 118 Å². The maximum absolute atomic E-state index is 11.6. The third-order valence-corrected chi connectivity index (χ3v) is 3.86. The molecule has 0 radical (unpaired) electrons. The monoisotopic (exact) mass is 276 g/mol. The number of carboxylic acids is 1. The fraction of sp³-hybridized carbons (Fsp3) is 0.467. The average Bonchev–Trinajstić information content (AvgIpc) is 2.48. The van der Waals surface area contributed by atoms with Gasteiger partial charge in [-0.15, -0.1) is 0 Å². The molecule has 0 aromatic heterocycles. The number of hydrogen-bond donors (Lipinski definition) is 2. The van der Waals surface area contributed by atoms with E-state index in [-0.39, 0.29) is 11.8 Å². The lowest BCUT2D eigenvalue weighted by Crippen LogP contribution is -2.43. The summed E-state index contributed by atoms with van der Waals surface area (Å²) in [5, 5.41) is 12.1. The molecule has 108 valence electrons. The molecule has 1 heterocycles. The zero-order chi connectivity index (χ0) is 14.5. The topological polar surface area (TPSA) is 69.6 Å². The number of rotatable bonds is 4. The third kappa shape index (κ3) is 3.17. The SMILES string of the molecule is CNC(=O)C1CCN(C(C(=O)O)c2ccccc2)CC1. The second-order valence-electron chi connectivity index (χ2n) is 5.08. The third-order valence-electron chi connectivity index (χ3n) is 3.86. The van der Waals surface area contributed by atoms with Gasteiger partial charge in [-0.3, -0.25) is 14.5 Å². The van der Waals surface area contributed by atoms with Gasteiger partial charge in [0.25, 0.3) is 0 Å². The van der Waals surface area contributed by atoms with E-state index in [9.17, 15) is 14.7 Å². The van der Waals surface area contributed by atoms with Crippen molar-refractivity contribution in [1.29, 1.82) is 0 Å². The molecule has 0 spiro atoms. The number of hydrogen-bond acceptors (Lipinski definition) is 3. The number of carbonyl (C=O) groups is 2. The number of amides is 1. The summed E-state index contributed by atoms with van der Waals surface area (Å²) in [6, 6.07) is 8.63. The summed E-state index contributed by atoms with van der Waals surface area (Å²) in [6.45, 7) is 1.26. The van der Waals surface area contributed by atoms with Crippen molar-refractivity contribution in [2.75, 3.05) is 20.1 Å². The summed E-state index contributed by atoms with van der Waals surface area (Å²) in [4.78, 5) is 25.1. The first-order valence-electron chi connectivity index (χ1n) is 6.87. The summed E-state index contributed by atoms with van der Waals surface area (Å²) in [6.07, 6.45) is 1.41. The van der Waals surface area contributed by atoms with Crippen LogP contribution in [0.4, 0.5) is 0 Å². The first-order valence-corrected chi connectivity index (χ1v) is 6.87. The van der Waals surface area contributed by atoms with E-state index >= 15 is 0 Å². The first-order chi connectivity index (χ1) is 9.63. The molecule has 20 heavy (non-hydrogen) atoms. The van der Waals surface area contributed by atoms with Crippen molar-refractivity contribution in [2.24, 2.45) is 5.92 Å². The van der Waals surface area contributed by atoms with Crippen molar-refractivity contribution < 1.29 is 14.7 Å². The van der Waals surface area contributed by atoms with E-state index in [1.807, 2.05) is 35.2 Å². The Bertz CT molecular complexity index is 467. The van der Waals surface area contributed by atoms with Gasteiger partial charge in [-0.2, -0.15) is 0 Å². The smallest absolute Gasteiger partial charge is 0.325 e. The van der Waals surface area contributed by atoms with E-state index in [4.69, 9.17) is 0 Å². The van der Waals surface area contributed by atoms with Crippen LogP contribution >= 0.6 is 0 Å². The fourth-order valence-corrected chi connectivity index (χ4v) is 2.77. The Balaban J connectivity index is 2.06. The number of carboxylic acid groups (broad SMARTS) is 1. The summed E-state index contributed by atoms with van der Waals surface area (Å²) in [5.41, 5.74) is 0.790. The lowest BCUT2D eigenvalue weighted by molar-refractivity contribution is -0.144. The molecule has 1 amide bonds. The summed E-state index contributed by atoms with van der Waals surface area (Å²) < 4.78 is 0. The zero-order valence-electron chi connectivity index (χ0n) is 11.6. The van der Waals surface area contributed by atoms with Crippen LogP contribution in [0.2, 0.25) is 0 Å². The number of nitrogens with zero attached hydrogens (tertiary/aromatic N) is 1. The predicted molar refractivity (Wildman–Crippen MR) is 75.2 cm³/mol. The van der Waals surface area contributed by atoms with Crippen LogP contribution in [0.15, 0.2) is 30.3 Å². The van der Waals surface area contributed by atoms with Crippen LogP contribution in [0.25, 0.3) is 0 Å². The van der Waals surface area contributed by atoms with Crippen molar-refractivity contribution in [3.05, 3.63) is 35.9 Å². The van der Waals surface area contributed by atoms with Crippen LogP contribution < -0.4 is 5.32 Å². The molecule has 1 aliphatic heterocycles. The second kappa shape index (κ2) is 6.52. The highest BCUT2D eigenvalue weighted by Crippen LogP contribution is 2.27. The molecule has 1 aromatic carbocycles. The van der Waals surface area contributed by atoms with Crippen LogP contribution in [0.1, 0.15) is 24.4 Å². The van der Waals surface area contributed by atoms with Gasteiger partial charge in [-0.25, -0.2) is 0 Å². The summed E-state index contributed by atoms with van der Waals surface area (Å²) in [5.74, 6) is -0.785. The maximum Gasteiger partial charge on any atom is 0.325 e. The Morgan fingerprint density at radius 2 is 1.85 bits per heavy atom. The molecule has 2 N–H and O–H groups in total. The first kappa shape index (κ1) is 14.5. The second-order valence-corrected chi connectivity index (χ2v) is 5.08. The molecular weight excluding hydrogens is 256 g/mol. The van der Waals surface area contributed by atoms with Gasteiger partial charge in [-0.05, 0) is 18.4 Å². The Morgan fingerprint density at radius 3 is 2.35 bits per heavy atom. The lowest BCUT2D eigenvalue weighted by Gasteiger charge is -2.35. The zero-order valence-corrected chi connectivity index (χ0v) is 11.6. The Morgan fingerprint density at radius 1 is 1.25 bits per heavy atom. The van der Waals surface area contributed by atoms with Crippen LogP contribution in [0.3, 0.4) is 0 Å². The quantitative estimate of drug-likeness (QED) is 0.869. The standard InChI is InChI=1S/C15H20N2O3/c1-16-14(18)12-7-9-17(10-8-12)13(15(19)20)11-5-3-2-4-6-11/h2-6,12-13H,7-10H2,1H3,(H,16,18)(H,19,20). The Kier molecular flexibility index (Phi) is 4.74. The molecule has 1 fully saturated rings. The highest BCUT2D eigenvalue weighted by Gasteiger charge is 2.32. The fourth-order valence-electron chi connectivity index (χ4n) is 2.77. The van der Waals surface area contributed by atoms with Crippen molar-refractivity contribution in [1.82, 2.24) is 10.2 Å². The van der Waals surface area contributed by atoms with Gasteiger partial charge < -0.3 is 10.4 Å². The molecular formula is C15H20N2O3. The number of piperidine rings is 1. The van der Waals surface area contributed by atoms with Crippen molar-refractivity contribution in [3.63, 3.8) is 0 Å². The minimum absolute atomic E-state index is 0.00136. The van der Waals surface area contributed by atoms with Gasteiger partial charge in [0.1, 0.15) is 6.04 Å². The predicted octanol–water partition coefficient (Wildman–Crippen LogP) is 1.27. The number of carbonyl (C=O) groups excluding carboxylic acids is 1. The Hall–Kier alpha value is -1.88. The average molecular weight is 276 g/mol. The molecule has 1 atom stereocenters. The molecule has 1 saturated heterocycles. The van der Waals surface area contributed by atoms with Crippen LogP contribution in [0, 0.1) is 5.92 Å². The number of aliphatic carboxylic acids is 1. The number of nitrogens with one attached hydrogen (secondary N) is 1. The molecule has 1 aromatic rings. The molecule has 5 nitrogen and oxygen atoms in total. The molecule has 1 aliphatic rings. The highest BCUT2D eigenvalue weighted by molar-refractivity contribution is 5.78. The number of likely N-dealkylation sites (tertiary alicyclic amines) is 1. The van der Waals surface area contributed by atoms with Gasteiger partial charge in [0.2, 0.25) is 5.91 Å². The van der Waals surface area contributed by atoms with E-state index in [1.165, 1.54) is 0 Å². The van der Waals surface area contributed by atoms with E-state index in [0.29, 0.717) is 25.9 Å². The normalized spacial score (nSPS) is 18.4. The number of benzene rings is 1. The highest BCUT2D eigenvalue weighted by atomic mass is 16.4. The molecule has 0 saturated carbocycles. The minimum atomic E-state index is -0.838. The maximum atomic E-state index is 11.6. The van der Waals surface area contributed by atoms with Gasteiger partial charge in [0.05, 0.1) is 0 Å². The summed E-state index contributed by atoms with van der Waals surface area (Å²) >= 11 is 0. The van der Waals surface area contributed by atoms with Crippen LogP contribution in [-0.2, 0) is 9.59 Å². The van der Waals surface area contributed by atoms with Gasteiger partial charge in [0, 0.05) is 26.1 Å². The van der Waals surface area contributed by atoms with Gasteiger partial charge >= 0.3 is 5.97 Å². The van der Waals surface area contributed by atoms with Crippen LogP contribution in [0.5, 0.6) is 0 Å². The van der Waals surface area contributed by atoms with E-state index in [2.05, 4.69) is 5.32 Å². The van der Waals surface area contributed by atoms with Crippen molar-refractivity contribution in [3.8, 4) is 0 Å². The van der Waals surface area contributed by atoms with Crippen molar-refractivity contribution >= 4 is 11.9 Å². The minimum Gasteiger partial charge on any atom is -0.480 e. The molecule has 0 bridgehead atoms. The molecule has 0 aliphatic carbocycles. The van der Waals surface area contributed by atoms with Crippen molar-refractivity contribution in [2.45, 2.75) is 18.9 Å². The van der Waals surface area contributed by atoms with Gasteiger partial charge in [0.15, 0.2) is 0 Å². The van der Waals surface area contributed by atoms with Crippen LogP contribution in [-0.4, -0.2) is 42.0 Å². The molecule has 2 rings (SSSR count). The van der Waals surface area contributed by atoms with Gasteiger partial charge in [-0.1, -0.05) is 30.3 Å². The largest absolute Gasteiger partial charge is 0.480 e. The molecule has 5 heteroatoms.